The summed E-state index contributed by atoms with van der Waals surface area (Å²) in [6.45, 7) is -0.0196. The van der Waals surface area contributed by atoms with E-state index in [0.717, 1.165) is 11.1 Å². The minimum Gasteiger partial charge on any atom is -0.379 e. The Bertz CT molecular complexity index is 1120. The molecule has 2 heterocycles. The van der Waals surface area contributed by atoms with Gasteiger partial charge in [0.25, 0.3) is 5.91 Å². The largest absolute Gasteiger partial charge is 0.379 e. The SMILES string of the molecule is Nc1nonc1-c1nc2ccccc2n1CC(=O)N/N=C/c1ccccc1. The number of carbonyl (C=O) groups excluding carboxylic acids is 1. The van der Waals surface area contributed by atoms with Crippen molar-refractivity contribution in [3.8, 4) is 11.5 Å². The molecule has 2 aromatic carbocycles. The van der Waals surface area contributed by atoms with Gasteiger partial charge in [0.15, 0.2) is 17.3 Å². The van der Waals surface area contributed by atoms with E-state index in [1.807, 2.05) is 54.6 Å². The maximum absolute atomic E-state index is 12.4. The Labute approximate surface area is 153 Å². The molecule has 4 rings (SSSR count). The number of amides is 1. The van der Waals surface area contributed by atoms with Crippen LogP contribution >= 0.6 is 0 Å². The number of carbonyl (C=O) groups is 1. The lowest BCUT2D eigenvalue weighted by Gasteiger charge is -2.06. The van der Waals surface area contributed by atoms with Gasteiger partial charge in [0.2, 0.25) is 0 Å². The third-order valence-electron chi connectivity index (χ3n) is 3.88. The number of anilines is 1. The summed E-state index contributed by atoms with van der Waals surface area (Å²) in [7, 11) is 0. The molecule has 4 aromatic rings. The Morgan fingerprint density at radius 1 is 1.15 bits per heavy atom. The number of hydrogen-bond donors (Lipinski definition) is 2. The number of nitrogens with zero attached hydrogens (tertiary/aromatic N) is 5. The second-order valence-electron chi connectivity index (χ2n) is 5.71. The van der Waals surface area contributed by atoms with Crippen molar-refractivity contribution in [3.63, 3.8) is 0 Å². The minimum absolute atomic E-state index is 0.0196. The minimum atomic E-state index is -0.318. The predicted molar refractivity (Wildman–Crippen MR) is 99.6 cm³/mol. The molecule has 0 spiro atoms. The fourth-order valence-electron chi connectivity index (χ4n) is 2.66. The molecule has 2 aromatic heterocycles. The highest BCUT2D eigenvalue weighted by Crippen LogP contribution is 2.26. The third-order valence-corrected chi connectivity index (χ3v) is 3.88. The average molecular weight is 361 g/mol. The maximum atomic E-state index is 12.4. The van der Waals surface area contributed by atoms with Gasteiger partial charge < -0.3 is 10.3 Å². The van der Waals surface area contributed by atoms with Crippen molar-refractivity contribution in [1.29, 1.82) is 0 Å². The van der Waals surface area contributed by atoms with Gasteiger partial charge in [-0.2, -0.15) is 5.10 Å². The van der Waals surface area contributed by atoms with Crippen LogP contribution in [0.1, 0.15) is 5.56 Å². The molecule has 9 heteroatoms. The number of nitrogens with two attached hydrogens (primary N) is 1. The van der Waals surface area contributed by atoms with Crippen molar-refractivity contribution in [1.82, 2.24) is 25.3 Å². The van der Waals surface area contributed by atoms with E-state index in [0.29, 0.717) is 11.3 Å². The molecule has 0 unspecified atom stereocenters. The molecule has 0 saturated heterocycles. The molecule has 1 amide bonds. The number of rotatable bonds is 5. The number of para-hydroxylation sites is 2. The van der Waals surface area contributed by atoms with Crippen LogP contribution < -0.4 is 11.2 Å². The second-order valence-corrected chi connectivity index (χ2v) is 5.71. The molecule has 0 bridgehead atoms. The molecule has 27 heavy (non-hydrogen) atoms. The number of imidazole rings is 1. The van der Waals surface area contributed by atoms with Gasteiger partial charge in [-0.05, 0) is 28.0 Å². The van der Waals surface area contributed by atoms with Crippen LogP contribution in [0.2, 0.25) is 0 Å². The molecule has 0 aliphatic heterocycles. The van der Waals surface area contributed by atoms with Crippen LogP contribution in [-0.4, -0.2) is 32.0 Å². The first-order chi connectivity index (χ1) is 13.2. The highest BCUT2D eigenvalue weighted by Gasteiger charge is 2.20. The van der Waals surface area contributed by atoms with Crippen LogP contribution in [0.4, 0.5) is 5.82 Å². The highest BCUT2D eigenvalue weighted by molar-refractivity contribution is 5.86. The van der Waals surface area contributed by atoms with Gasteiger partial charge in [0, 0.05) is 0 Å². The van der Waals surface area contributed by atoms with E-state index in [-0.39, 0.29) is 24.0 Å². The lowest BCUT2D eigenvalue weighted by molar-refractivity contribution is -0.121. The summed E-state index contributed by atoms with van der Waals surface area (Å²) in [6, 6.07) is 16.9. The molecule has 0 atom stereocenters. The van der Waals surface area contributed by atoms with E-state index < -0.39 is 0 Å². The van der Waals surface area contributed by atoms with Crippen LogP contribution in [0.15, 0.2) is 64.3 Å². The number of aromatic nitrogens is 4. The normalized spacial score (nSPS) is 11.3. The van der Waals surface area contributed by atoms with Gasteiger partial charge in [-0.3, -0.25) is 4.79 Å². The molecule has 0 radical (unpaired) electrons. The van der Waals surface area contributed by atoms with Gasteiger partial charge in [-0.15, -0.1) is 0 Å². The van der Waals surface area contributed by atoms with Gasteiger partial charge >= 0.3 is 0 Å². The maximum Gasteiger partial charge on any atom is 0.260 e. The summed E-state index contributed by atoms with van der Waals surface area (Å²) in [4.78, 5) is 16.9. The first-order valence-corrected chi connectivity index (χ1v) is 8.13. The Hall–Kier alpha value is -4.01. The van der Waals surface area contributed by atoms with E-state index in [9.17, 15) is 4.79 Å². The molecule has 9 nitrogen and oxygen atoms in total. The molecule has 0 aliphatic rings. The number of hydrazone groups is 1. The zero-order valence-corrected chi connectivity index (χ0v) is 14.1. The van der Waals surface area contributed by atoms with Crippen LogP contribution in [0.25, 0.3) is 22.6 Å². The Morgan fingerprint density at radius 3 is 2.70 bits per heavy atom. The van der Waals surface area contributed by atoms with Crippen LogP contribution in [0, 0.1) is 0 Å². The van der Waals surface area contributed by atoms with Crippen LogP contribution in [-0.2, 0) is 11.3 Å². The quantitative estimate of drug-likeness (QED) is 0.413. The van der Waals surface area contributed by atoms with E-state index in [1.54, 1.807) is 10.8 Å². The molecule has 134 valence electrons. The summed E-state index contributed by atoms with van der Waals surface area (Å²) >= 11 is 0. The van der Waals surface area contributed by atoms with Crippen molar-refractivity contribution in [2.45, 2.75) is 6.54 Å². The average Bonchev–Trinajstić information content (AvgIpc) is 3.26. The molecular formula is C18H15N7O2. The number of fused-ring (bicyclic) bond motifs is 1. The summed E-state index contributed by atoms with van der Waals surface area (Å²) in [5, 5.41) is 11.4. The fraction of sp³-hybridized carbons (Fsp3) is 0.0556. The third kappa shape index (κ3) is 3.38. The van der Waals surface area contributed by atoms with E-state index in [4.69, 9.17) is 5.73 Å². The van der Waals surface area contributed by atoms with Crippen molar-refractivity contribution in [2.24, 2.45) is 5.10 Å². The number of nitrogens with one attached hydrogen (secondary N) is 1. The zero-order valence-electron chi connectivity index (χ0n) is 14.1. The fourth-order valence-corrected chi connectivity index (χ4v) is 2.66. The Balaban J connectivity index is 1.60. The first kappa shape index (κ1) is 16.5. The molecule has 0 aliphatic carbocycles. The predicted octanol–water partition coefficient (Wildman–Crippen LogP) is 1.82. The van der Waals surface area contributed by atoms with Crippen molar-refractivity contribution < 1.29 is 9.42 Å². The smallest absolute Gasteiger partial charge is 0.260 e. The standard InChI is InChI=1S/C18H15N7O2/c19-17-16(23-27-24-17)18-21-13-8-4-5-9-14(13)25(18)11-15(26)22-20-10-12-6-2-1-3-7-12/h1-10H,11H2,(H2,19,24)(H,22,26)/b20-10+. The van der Waals surface area contributed by atoms with E-state index in [2.05, 4.69) is 30.5 Å². The topological polar surface area (TPSA) is 124 Å². The lowest BCUT2D eigenvalue weighted by Crippen LogP contribution is -2.23. The molecule has 0 fully saturated rings. The monoisotopic (exact) mass is 361 g/mol. The zero-order chi connectivity index (χ0) is 18.6. The van der Waals surface area contributed by atoms with Crippen molar-refractivity contribution >= 4 is 29.0 Å². The summed E-state index contributed by atoms with van der Waals surface area (Å²) < 4.78 is 6.36. The first-order valence-electron chi connectivity index (χ1n) is 8.13. The summed E-state index contributed by atoms with van der Waals surface area (Å²) in [5.74, 6) is 0.188. The Kier molecular flexibility index (Phi) is 4.32. The number of nitrogen functional groups attached to an aromatic ring is 1. The molecular weight excluding hydrogens is 346 g/mol. The van der Waals surface area contributed by atoms with Crippen molar-refractivity contribution in [3.05, 3.63) is 60.2 Å². The van der Waals surface area contributed by atoms with E-state index in [1.165, 1.54) is 0 Å². The molecule has 0 saturated carbocycles. The highest BCUT2D eigenvalue weighted by atomic mass is 16.6. The lowest BCUT2D eigenvalue weighted by atomic mass is 10.2. The number of benzene rings is 2. The van der Waals surface area contributed by atoms with Gasteiger partial charge in [-0.25, -0.2) is 15.0 Å². The summed E-state index contributed by atoms with van der Waals surface area (Å²) in [5.41, 5.74) is 10.9. The molecule has 3 N–H and O–H groups in total. The van der Waals surface area contributed by atoms with Crippen molar-refractivity contribution in [2.75, 3.05) is 5.73 Å². The van der Waals surface area contributed by atoms with Gasteiger partial charge in [0.05, 0.1) is 17.2 Å². The number of hydrogen-bond acceptors (Lipinski definition) is 7. The van der Waals surface area contributed by atoms with Gasteiger partial charge in [-0.1, -0.05) is 42.5 Å². The summed E-state index contributed by atoms with van der Waals surface area (Å²) in [6.07, 6.45) is 1.57. The van der Waals surface area contributed by atoms with E-state index >= 15 is 0 Å². The van der Waals surface area contributed by atoms with Crippen LogP contribution in [0.3, 0.4) is 0 Å². The second kappa shape index (κ2) is 7.08. The Morgan fingerprint density at radius 2 is 1.93 bits per heavy atom. The van der Waals surface area contributed by atoms with Crippen LogP contribution in [0.5, 0.6) is 0 Å². The van der Waals surface area contributed by atoms with Gasteiger partial charge in [0.1, 0.15) is 6.54 Å².